The normalized spacial score (nSPS) is 15.1. The zero-order chi connectivity index (χ0) is 19.7. The van der Waals surface area contributed by atoms with Gasteiger partial charge in [0.2, 0.25) is 0 Å². The van der Waals surface area contributed by atoms with Crippen LogP contribution in [0.5, 0.6) is 0 Å². The molecule has 0 unspecified atom stereocenters. The second-order valence-electron chi connectivity index (χ2n) is 6.72. The minimum absolute atomic E-state index is 0.114. The number of rotatable bonds is 4. The highest BCUT2D eigenvalue weighted by Gasteiger charge is 2.27. The van der Waals surface area contributed by atoms with Crippen molar-refractivity contribution in [1.29, 1.82) is 0 Å². The zero-order valence-corrected chi connectivity index (χ0v) is 16.5. The van der Waals surface area contributed by atoms with E-state index in [1.54, 1.807) is 16.2 Å². The number of halogens is 1. The van der Waals surface area contributed by atoms with E-state index in [1.165, 1.54) is 27.8 Å². The highest BCUT2D eigenvalue weighted by atomic mass is 35.5. The van der Waals surface area contributed by atoms with Crippen LogP contribution in [0.3, 0.4) is 0 Å². The Hall–Kier alpha value is -2.55. The molecule has 1 aliphatic heterocycles. The largest absolute Gasteiger partial charge is 0.327 e. The van der Waals surface area contributed by atoms with E-state index in [2.05, 4.69) is 11.1 Å². The number of hydrogen-bond donors (Lipinski definition) is 1. The second kappa shape index (κ2) is 7.83. The average molecular weight is 418 g/mol. The molecular weight excluding hydrogens is 400 g/mol. The summed E-state index contributed by atoms with van der Waals surface area (Å²) in [6.07, 6.45) is 0. The van der Waals surface area contributed by atoms with Crippen LogP contribution in [0.2, 0.25) is 5.02 Å². The zero-order valence-electron chi connectivity index (χ0n) is 14.9. The molecule has 0 aliphatic carbocycles. The predicted octanol–water partition coefficient (Wildman–Crippen LogP) is 2.40. The Morgan fingerprint density at radius 3 is 2.68 bits per heavy atom. The predicted molar refractivity (Wildman–Crippen MR) is 108 cm³/mol. The van der Waals surface area contributed by atoms with Gasteiger partial charge < -0.3 is 9.80 Å². The molecule has 1 saturated heterocycles. The number of amides is 1. The Bertz CT molecular complexity index is 1010. The lowest BCUT2D eigenvalue weighted by Gasteiger charge is -2.32. The van der Waals surface area contributed by atoms with Gasteiger partial charge >= 0.3 is 0 Å². The molecule has 0 bridgehead atoms. The third kappa shape index (κ3) is 3.84. The number of non-ortho nitro benzene ring substituents is 1. The average Bonchev–Trinajstić information content (AvgIpc) is 3.10. The molecule has 1 amide bonds. The maximum Gasteiger partial charge on any atom is 0.270 e. The van der Waals surface area contributed by atoms with Gasteiger partial charge in [0, 0.05) is 12.1 Å². The van der Waals surface area contributed by atoms with E-state index >= 15 is 0 Å². The number of thiazole rings is 1. The van der Waals surface area contributed by atoms with Gasteiger partial charge in [-0.2, -0.15) is 0 Å². The first kappa shape index (κ1) is 18.8. The summed E-state index contributed by atoms with van der Waals surface area (Å²) in [5, 5.41) is 12.0. The highest BCUT2D eigenvalue weighted by molar-refractivity contribution is 7.18. The molecule has 144 valence electrons. The number of carbonyl (C=O) groups excluding carboxylic acids is 1. The number of aromatic nitrogens is 1. The molecule has 2 heterocycles. The highest BCUT2D eigenvalue weighted by Crippen LogP contribution is 2.24. The molecule has 9 heteroatoms. The van der Waals surface area contributed by atoms with Gasteiger partial charge in [0.05, 0.1) is 51.9 Å². The smallest absolute Gasteiger partial charge is 0.270 e. The topological polar surface area (TPSA) is 80.8 Å². The van der Waals surface area contributed by atoms with Gasteiger partial charge in [-0.05, 0) is 18.2 Å². The molecule has 1 N–H and O–H groups in total. The number of quaternary nitrogens is 1. The van der Waals surface area contributed by atoms with Crippen molar-refractivity contribution in [1.82, 2.24) is 9.88 Å². The first-order valence-corrected chi connectivity index (χ1v) is 10.1. The summed E-state index contributed by atoms with van der Waals surface area (Å²) in [6.45, 7) is 3.73. The first-order chi connectivity index (χ1) is 13.5. The van der Waals surface area contributed by atoms with Crippen molar-refractivity contribution in [2.45, 2.75) is 6.54 Å². The Kier molecular flexibility index (Phi) is 5.25. The summed E-state index contributed by atoms with van der Waals surface area (Å²) in [7, 11) is 0. The van der Waals surface area contributed by atoms with Crippen molar-refractivity contribution >= 4 is 44.7 Å². The molecule has 1 fully saturated rings. The molecule has 7 nitrogen and oxygen atoms in total. The van der Waals surface area contributed by atoms with Crippen LogP contribution in [0.4, 0.5) is 5.69 Å². The molecule has 28 heavy (non-hydrogen) atoms. The van der Waals surface area contributed by atoms with Crippen LogP contribution in [0.1, 0.15) is 15.4 Å². The van der Waals surface area contributed by atoms with Gasteiger partial charge in [-0.15, -0.1) is 11.3 Å². The number of benzene rings is 2. The van der Waals surface area contributed by atoms with Gasteiger partial charge in [0.25, 0.3) is 11.6 Å². The number of nitrogens with zero attached hydrogens (tertiary/aromatic N) is 3. The SMILES string of the molecule is O=C(c1ccc([N+](=O)[O-])cc1Cl)N1CC[NH+](Cc2nc3ccccc3s2)CC1. The van der Waals surface area contributed by atoms with Crippen LogP contribution in [-0.4, -0.2) is 46.9 Å². The monoisotopic (exact) mass is 417 g/mol. The molecule has 0 saturated carbocycles. The van der Waals surface area contributed by atoms with Crippen molar-refractivity contribution in [2.75, 3.05) is 26.2 Å². The fourth-order valence-corrected chi connectivity index (χ4v) is 4.67. The van der Waals surface area contributed by atoms with Crippen LogP contribution in [0, 0.1) is 10.1 Å². The lowest BCUT2D eigenvalue weighted by Crippen LogP contribution is -3.13. The van der Waals surface area contributed by atoms with Crippen molar-refractivity contribution in [3.05, 3.63) is 68.2 Å². The van der Waals surface area contributed by atoms with Crippen LogP contribution in [-0.2, 0) is 6.54 Å². The summed E-state index contributed by atoms with van der Waals surface area (Å²) in [4.78, 5) is 30.9. The Morgan fingerprint density at radius 2 is 2.00 bits per heavy atom. The lowest BCUT2D eigenvalue weighted by molar-refractivity contribution is -0.917. The Morgan fingerprint density at radius 1 is 1.25 bits per heavy atom. The van der Waals surface area contributed by atoms with Gasteiger partial charge in [0.15, 0.2) is 0 Å². The van der Waals surface area contributed by atoms with E-state index in [0.717, 1.165) is 30.2 Å². The molecule has 0 spiro atoms. The summed E-state index contributed by atoms with van der Waals surface area (Å²) >= 11 is 7.81. The fraction of sp³-hybridized carbons (Fsp3) is 0.263. The molecule has 4 rings (SSSR count). The van der Waals surface area contributed by atoms with E-state index in [0.29, 0.717) is 18.7 Å². The van der Waals surface area contributed by atoms with E-state index in [9.17, 15) is 14.9 Å². The van der Waals surface area contributed by atoms with Crippen LogP contribution in [0.15, 0.2) is 42.5 Å². The second-order valence-corrected chi connectivity index (χ2v) is 8.24. The molecular formula is C19H18ClN4O3S+. The molecule has 0 radical (unpaired) electrons. The number of fused-ring (bicyclic) bond motifs is 1. The molecule has 2 aromatic carbocycles. The van der Waals surface area contributed by atoms with E-state index in [1.807, 2.05) is 18.2 Å². The molecule has 1 aliphatic rings. The quantitative estimate of drug-likeness (QED) is 0.522. The number of nitro groups is 1. The van der Waals surface area contributed by atoms with Crippen molar-refractivity contribution < 1.29 is 14.6 Å². The number of para-hydroxylation sites is 1. The van der Waals surface area contributed by atoms with Crippen molar-refractivity contribution in [3.8, 4) is 0 Å². The number of piperazine rings is 1. The number of nitro benzene ring substituents is 1. The maximum absolute atomic E-state index is 12.7. The van der Waals surface area contributed by atoms with Gasteiger partial charge in [0.1, 0.15) is 11.6 Å². The Labute approximate surface area is 170 Å². The van der Waals surface area contributed by atoms with E-state index < -0.39 is 4.92 Å². The van der Waals surface area contributed by atoms with E-state index in [4.69, 9.17) is 11.6 Å². The van der Waals surface area contributed by atoms with Gasteiger partial charge in [-0.3, -0.25) is 14.9 Å². The van der Waals surface area contributed by atoms with Crippen molar-refractivity contribution in [2.24, 2.45) is 0 Å². The third-order valence-electron chi connectivity index (χ3n) is 4.89. The molecule has 0 atom stereocenters. The summed E-state index contributed by atoms with van der Waals surface area (Å²) < 4.78 is 1.19. The van der Waals surface area contributed by atoms with Gasteiger partial charge in [-0.1, -0.05) is 23.7 Å². The third-order valence-corrected chi connectivity index (χ3v) is 6.24. The van der Waals surface area contributed by atoms with Crippen LogP contribution in [0.25, 0.3) is 10.2 Å². The summed E-state index contributed by atoms with van der Waals surface area (Å²) in [5.74, 6) is -0.182. The van der Waals surface area contributed by atoms with Gasteiger partial charge in [-0.25, -0.2) is 4.98 Å². The Balaban J connectivity index is 1.38. The van der Waals surface area contributed by atoms with E-state index in [-0.39, 0.29) is 16.6 Å². The standard InChI is InChI=1S/C19H17ClN4O3S/c20-15-11-13(24(26)27)5-6-14(15)19(25)23-9-7-22(8-10-23)12-18-21-16-3-1-2-4-17(16)28-18/h1-6,11H,7-10,12H2/p+1. The molecule has 1 aromatic heterocycles. The summed E-state index contributed by atoms with van der Waals surface area (Å²) in [6, 6.07) is 12.1. The summed E-state index contributed by atoms with van der Waals surface area (Å²) in [5.41, 5.74) is 1.22. The maximum atomic E-state index is 12.7. The van der Waals surface area contributed by atoms with Crippen LogP contribution >= 0.6 is 22.9 Å². The molecule has 3 aromatic rings. The number of hydrogen-bond acceptors (Lipinski definition) is 5. The number of carbonyl (C=O) groups is 1. The fourth-order valence-electron chi connectivity index (χ4n) is 3.37. The minimum Gasteiger partial charge on any atom is -0.327 e. The minimum atomic E-state index is -0.524. The van der Waals surface area contributed by atoms with Crippen molar-refractivity contribution in [3.63, 3.8) is 0 Å². The number of nitrogens with one attached hydrogen (secondary N) is 1. The van der Waals surface area contributed by atoms with Crippen LogP contribution < -0.4 is 4.90 Å². The lowest BCUT2D eigenvalue weighted by atomic mass is 10.1. The first-order valence-electron chi connectivity index (χ1n) is 8.92.